The predicted octanol–water partition coefficient (Wildman–Crippen LogP) is 3.50. The maximum atomic E-state index is 11.8. The lowest BCUT2D eigenvalue weighted by atomic mass is 10.1. The Morgan fingerprint density at radius 1 is 1.30 bits per heavy atom. The molecule has 0 amide bonds. The van der Waals surface area contributed by atoms with Crippen LogP contribution >= 0.6 is 0 Å². The second kappa shape index (κ2) is 6.39. The molecule has 0 aliphatic rings. The summed E-state index contributed by atoms with van der Waals surface area (Å²) < 4.78 is 16.1. The number of rotatable bonds is 5. The van der Waals surface area contributed by atoms with Gasteiger partial charge in [-0.1, -0.05) is 30.3 Å². The summed E-state index contributed by atoms with van der Waals surface area (Å²) >= 11 is 0. The first-order valence-electron chi connectivity index (χ1n) is 6.52. The first-order valence-corrected chi connectivity index (χ1v) is 6.52. The molecule has 106 valence electrons. The molecule has 1 aromatic carbocycles. The summed E-state index contributed by atoms with van der Waals surface area (Å²) in [7, 11) is 1.61. The topological polar surface area (TPSA) is 48.7 Å². The molecule has 0 bridgehead atoms. The fourth-order valence-electron chi connectivity index (χ4n) is 2.09. The third kappa shape index (κ3) is 2.91. The van der Waals surface area contributed by atoms with E-state index < -0.39 is 0 Å². The summed E-state index contributed by atoms with van der Waals surface area (Å²) in [5, 5.41) is 0. The summed E-state index contributed by atoms with van der Waals surface area (Å²) in [6.07, 6.45) is -0.335. The minimum atomic E-state index is -0.372. The molecular formula is C16H18O4. The number of furan rings is 1. The van der Waals surface area contributed by atoms with Gasteiger partial charge in [0.05, 0.1) is 6.61 Å². The molecule has 2 aromatic rings. The molecule has 1 unspecified atom stereocenters. The monoisotopic (exact) mass is 274 g/mol. The normalized spacial score (nSPS) is 12.2. The molecule has 2 rings (SSSR count). The van der Waals surface area contributed by atoms with Gasteiger partial charge in [0, 0.05) is 7.11 Å². The predicted molar refractivity (Wildman–Crippen MR) is 74.7 cm³/mol. The second-order valence-electron chi connectivity index (χ2n) is 4.37. The maximum Gasteiger partial charge on any atom is 0.341 e. The van der Waals surface area contributed by atoms with Gasteiger partial charge in [-0.3, -0.25) is 0 Å². The van der Waals surface area contributed by atoms with Crippen molar-refractivity contribution in [3.63, 3.8) is 0 Å². The minimum Gasteiger partial charge on any atom is -0.462 e. The van der Waals surface area contributed by atoms with E-state index in [1.807, 2.05) is 30.3 Å². The van der Waals surface area contributed by atoms with E-state index in [1.165, 1.54) is 0 Å². The Bertz CT molecular complexity index is 571. The molecule has 4 nitrogen and oxygen atoms in total. The van der Waals surface area contributed by atoms with Crippen molar-refractivity contribution in [3.05, 3.63) is 59.0 Å². The van der Waals surface area contributed by atoms with E-state index in [0.29, 0.717) is 23.7 Å². The molecule has 4 heteroatoms. The van der Waals surface area contributed by atoms with Gasteiger partial charge in [0.1, 0.15) is 23.2 Å². The highest BCUT2D eigenvalue weighted by Crippen LogP contribution is 2.29. The maximum absolute atomic E-state index is 11.8. The van der Waals surface area contributed by atoms with Crippen molar-refractivity contribution in [3.8, 4) is 0 Å². The smallest absolute Gasteiger partial charge is 0.341 e. The molecule has 0 aliphatic heterocycles. The quantitative estimate of drug-likeness (QED) is 0.783. The molecule has 0 N–H and O–H groups in total. The Labute approximate surface area is 118 Å². The van der Waals surface area contributed by atoms with Crippen LogP contribution in [0, 0.1) is 6.92 Å². The molecule has 0 spiro atoms. The third-order valence-electron chi connectivity index (χ3n) is 3.03. The van der Waals surface area contributed by atoms with Gasteiger partial charge in [-0.15, -0.1) is 0 Å². The fraction of sp³-hybridized carbons (Fsp3) is 0.312. The van der Waals surface area contributed by atoms with Gasteiger partial charge in [-0.2, -0.15) is 0 Å². The van der Waals surface area contributed by atoms with E-state index in [9.17, 15) is 4.79 Å². The van der Waals surface area contributed by atoms with Gasteiger partial charge >= 0.3 is 5.97 Å². The number of hydrogen-bond acceptors (Lipinski definition) is 4. The number of benzene rings is 1. The highest BCUT2D eigenvalue weighted by molar-refractivity contribution is 5.90. The molecule has 0 saturated heterocycles. The summed E-state index contributed by atoms with van der Waals surface area (Å²) in [4.78, 5) is 11.8. The molecule has 0 fully saturated rings. The Balaban J connectivity index is 2.32. The lowest BCUT2D eigenvalue weighted by molar-refractivity contribution is 0.0524. The van der Waals surface area contributed by atoms with Crippen LogP contribution in [-0.2, 0) is 9.47 Å². The number of methoxy groups -OCH3 is 1. The first-order chi connectivity index (χ1) is 9.67. The van der Waals surface area contributed by atoms with Crippen molar-refractivity contribution in [2.45, 2.75) is 20.0 Å². The Morgan fingerprint density at radius 3 is 2.60 bits per heavy atom. The van der Waals surface area contributed by atoms with E-state index >= 15 is 0 Å². The highest BCUT2D eigenvalue weighted by Gasteiger charge is 2.22. The van der Waals surface area contributed by atoms with E-state index in [1.54, 1.807) is 27.0 Å². The van der Waals surface area contributed by atoms with Gasteiger partial charge < -0.3 is 13.9 Å². The van der Waals surface area contributed by atoms with Crippen LogP contribution in [0.4, 0.5) is 0 Å². The number of aryl methyl sites for hydroxylation is 1. The largest absolute Gasteiger partial charge is 0.462 e. The summed E-state index contributed by atoms with van der Waals surface area (Å²) in [5.41, 5.74) is 1.42. The van der Waals surface area contributed by atoms with Crippen molar-refractivity contribution in [2.24, 2.45) is 0 Å². The number of esters is 1. The van der Waals surface area contributed by atoms with Crippen LogP contribution in [0.15, 0.2) is 40.8 Å². The molecule has 1 atom stereocenters. The van der Waals surface area contributed by atoms with Crippen molar-refractivity contribution in [1.82, 2.24) is 0 Å². The van der Waals surface area contributed by atoms with E-state index in [-0.39, 0.29) is 12.1 Å². The van der Waals surface area contributed by atoms with Gasteiger partial charge in [0.15, 0.2) is 0 Å². The number of carbonyl (C=O) groups is 1. The summed E-state index contributed by atoms with van der Waals surface area (Å²) in [6.45, 7) is 3.86. The zero-order valence-electron chi connectivity index (χ0n) is 11.9. The fourth-order valence-corrected chi connectivity index (χ4v) is 2.09. The summed E-state index contributed by atoms with van der Waals surface area (Å²) in [5.74, 6) is 0.763. The van der Waals surface area contributed by atoms with Crippen LogP contribution < -0.4 is 0 Å². The van der Waals surface area contributed by atoms with Crippen molar-refractivity contribution >= 4 is 5.97 Å². The van der Waals surface area contributed by atoms with Crippen LogP contribution in [0.1, 0.15) is 40.5 Å². The number of carbonyl (C=O) groups excluding carboxylic acids is 1. The zero-order valence-corrected chi connectivity index (χ0v) is 11.9. The van der Waals surface area contributed by atoms with E-state index in [2.05, 4.69) is 0 Å². The average molecular weight is 274 g/mol. The Morgan fingerprint density at radius 2 is 2.00 bits per heavy atom. The van der Waals surface area contributed by atoms with Crippen LogP contribution in [0.3, 0.4) is 0 Å². The Hall–Kier alpha value is -2.07. The SMILES string of the molecule is CCOC(=O)c1cc(C(OC)c2ccccc2)oc1C. The number of ether oxygens (including phenoxy) is 2. The highest BCUT2D eigenvalue weighted by atomic mass is 16.5. The van der Waals surface area contributed by atoms with Gasteiger partial charge in [-0.05, 0) is 25.5 Å². The van der Waals surface area contributed by atoms with Crippen molar-refractivity contribution in [2.75, 3.05) is 13.7 Å². The molecule has 1 aromatic heterocycles. The average Bonchev–Trinajstić information content (AvgIpc) is 2.83. The second-order valence-corrected chi connectivity index (χ2v) is 4.37. The van der Waals surface area contributed by atoms with Crippen LogP contribution in [0.25, 0.3) is 0 Å². The molecule has 0 aliphatic carbocycles. The molecule has 0 saturated carbocycles. The first kappa shape index (κ1) is 14.3. The zero-order chi connectivity index (χ0) is 14.5. The standard InChI is InChI=1S/C16H18O4/c1-4-19-16(17)13-10-14(20-11(13)2)15(18-3)12-8-6-5-7-9-12/h5-10,15H,4H2,1-3H3. The van der Waals surface area contributed by atoms with E-state index in [4.69, 9.17) is 13.9 Å². The minimum absolute atomic E-state index is 0.335. The number of hydrogen-bond donors (Lipinski definition) is 0. The molecular weight excluding hydrogens is 256 g/mol. The van der Waals surface area contributed by atoms with Gasteiger partial charge in [0.2, 0.25) is 0 Å². The molecule has 0 radical (unpaired) electrons. The summed E-state index contributed by atoms with van der Waals surface area (Å²) in [6, 6.07) is 11.4. The molecule has 1 heterocycles. The van der Waals surface area contributed by atoms with Crippen LogP contribution in [0.5, 0.6) is 0 Å². The lowest BCUT2D eigenvalue weighted by Gasteiger charge is -2.12. The third-order valence-corrected chi connectivity index (χ3v) is 3.03. The van der Waals surface area contributed by atoms with Crippen LogP contribution in [0.2, 0.25) is 0 Å². The van der Waals surface area contributed by atoms with Gasteiger partial charge in [0.25, 0.3) is 0 Å². The molecule has 20 heavy (non-hydrogen) atoms. The van der Waals surface area contributed by atoms with E-state index in [0.717, 1.165) is 5.56 Å². The van der Waals surface area contributed by atoms with Crippen molar-refractivity contribution in [1.29, 1.82) is 0 Å². The van der Waals surface area contributed by atoms with Crippen molar-refractivity contribution < 1.29 is 18.7 Å². The Kier molecular flexibility index (Phi) is 4.58. The van der Waals surface area contributed by atoms with Gasteiger partial charge in [-0.25, -0.2) is 4.79 Å². The van der Waals surface area contributed by atoms with Crippen LogP contribution in [-0.4, -0.2) is 19.7 Å². The lowest BCUT2D eigenvalue weighted by Crippen LogP contribution is -2.05.